The van der Waals surface area contributed by atoms with E-state index in [2.05, 4.69) is 17.2 Å². The topological polar surface area (TPSA) is 69.7 Å². The Labute approximate surface area is 173 Å². The molecular weight excluding hydrogens is 388 g/mol. The Kier molecular flexibility index (Phi) is 5.15. The highest BCUT2D eigenvalue weighted by atomic mass is 32.1. The van der Waals surface area contributed by atoms with Crippen molar-refractivity contribution < 1.29 is 19.0 Å². The van der Waals surface area contributed by atoms with Gasteiger partial charge < -0.3 is 14.2 Å². The Morgan fingerprint density at radius 3 is 2.76 bits per heavy atom. The van der Waals surface area contributed by atoms with E-state index in [1.54, 1.807) is 26.4 Å². The molecule has 2 aromatic carbocycles. The Bertz CT molecular complexity index is 1060. The number of amides is 1. The van der Waals surface area contributed by atoms with Gasteiger partial charge in [-0.1, -0.05) is 19.1 Å². The molecule has 2 atom stereocenters. The molecule has 1 aliphatic heterocycles. The largest absolute Gasteiger partial charge is 0.497 e. The molecule has 0 radical (unpaired) electrons. The number of aromatic nitrogens is 1. The molecule has 0 spiro atoms. The molecule has 29 heavy (non-hydrogen) atoms. The summed E-state index contributed by atoms with van der Waals surface area (Å²) in [7, 11) is 3.21. The highest BCUT2D eigenvalue weighted by Gasteiger charge is 2.31. The molecule has 7 heteroatoms. The third-order valence-corrected chi connectivity index (χ3v) is 5.96. The van der Waals surface area contributed by atoms with Crippen LogP contribution in [0.25, 0.3) is 11.3 Å². The summed E-state index contributed by atoms with van der Waals surface area (Å²) in [6.07, 6.45) is 0.0490. The number of ether oxygens (including phenoxy) is 3. The molecule has 0 bridgehead atoms. The van der Waals surface area contributed by atoms with Crippen LogP contribution in [0.1, 0.15) is 35.7 Å². The number of fused-ring (bicyclic) bond motifs is 1. The molecule has 1 amide bonds. The van der Waals surface area contributed by atoms with Gasteiger partial charge in [-0.3, -0.25) is 10.1 Å². The fourth-order valence-corrected chi connectivity index (χ4v) is 4.10. The lowest BCUT2D eigenvalue weighted by Crippen LogP contribution is -2.14. The first-order chi connectivity index (χ1) is 14.0. The molecule has 0 saturated heterocycles. The van der Waals surface area contributed by atoms with E-state index < -0.39 is 0 Å². The average molecular weight is 410 g/mol. The van der Waals surface area contributed by atoms with E-state index in [0.29, 0.717) is 27.9 Å². The van der Waals surface area contributed by atoms with Crippen molar-refractivity contribution in [1.29, 1.82) is 0 Å². The molecule has 0 aliphatic carbocycles. The third kappa shape index (κ3) is 3.53. The summed E-state index contributed by atoms with van der Waals surface area (Å²) < 4.78 is 16.6. The van der Waals surface area contributed by atoms with Gasteiger partial charge in [-0.05, 0) is 25.1 Å². The Hall–Kier alpha value is -3.06. The van der Waals surface area contributed by atoms with Crippen molar-refractivity contribution >= 4 is 22.4 Å². The Balaban J connectivity index is 1.58. The van der Waals surface area contributed by atoms with E-state index >= 15 is 0 Å². The minimum absolute atomic E-state index is 0.0490. The molecule has 0 saturated carbocycles. The lowest BCUT2D eigenvalue weighted by atomic mass is 9.97. The second-order valence-electron chi connectivity index (χ2n) is 6.89. The zero-order chi connectivity index (χ0) is 20.5. The van der Waals surface area contributed by atoms with Crippen LogP contribution < -0.4 is 19.5 Å². The summed E-state index contributed by atoms with van der Waals surface area (Å²) in [5, 5.41) is 5.29. The summed E-state index contributed by atoms with van der Waals surface area (Å²) >= 11 is 1.36. The fraction of sp³-hybridized carbons (Fsp3) is 0.273. The summed E-state index contributed by atoms with van der Waals surface area (Å²) in [6.45, 7) is 4.12. The second kappa shape index (κ2) is 7.75. The zero-order valence-electron chi connectivity index (χ0n) is 16.7. The maximum Gasteiger partial charge on any atom is 0.261 e. The van der Waals surface area contributed by atoms with Gasteiger partial charge in [-0.25, -0.2) is 4.98 Å². The molecule has 4 rings (SSSR count). The normalized spacial score (nSPS) is 17.4. The molecular formula is C22H22N2O4S. The van der Waals surface area contributed by atoms with Gasteiger partial charge in [0.2, 0.25) is 0 Å². The molecule has 2 unspecified atom stereocenters. The molecule has 3 aromatic rings. The van der Waals surface area contributed by atoms with Crippen LogP contribution in [0, 0.1) is 0 Å². The predicted octanol–water partition coefficient (Wildman–Crippen LogP) is 4.96. The van der Waals surface area contributed by atoms with E-state index in [0.717, 1.165) is 16.8 Å². The van der Waals surface area contributed by atoms with Crippen LogP contribution in [0.2, 0.25) is 0 Å². The third-order valence-electron chi connectivity index (χ3n) is 5.20. The number of carbonyl (C=O) groups excluding carboxylic acids is 1. The predicted molar refractivity (Wildman–Crippen MR) is 114 cm³/mol. The number of anilines is 1. The highest BCUT2D eigenvalue weighted by Crippen LogP contribution is 2.40. The van der Waals surface area contributed by atoms with Gasteiger partial charge in [0.25, 0.3) is 5.91 Å². The minimum Gasteiger partial charge on any atom is -0.497 e. The zero-order valence-corrected chi connectivity index (χ0v) is 17.5. The van der Waals surface area contributed by atoms with E-state index in [1.807, 2.05) is 36.6 Å². The first-order valence-electron chi connectivity index (χ1n) is 9.30. The molecule has 0 fully saturated rings. The molecule has 1 N–H and O–H groups in total. The molecule has 1 aromatic heterocycles. The number of nitrogens with one attached hydrogen (secondary N) is 1. The van der Waals surface area contributed by atoms with Gasteiger partial charge in [0.15, 0.2) is 5.13 Å². The quantitative estimate of drug-likeness (QED) is 0.643. The maximum absolute atomic E-state index is 12.9. The van der Waals surface area contributed by atoms with Crippen LogP contribution in [0.3, 0.4) is 0 Å². The monoisotopic (exact) mass is 410 g/mol. The lowest BCUT2D eigenvalue weighted by Gasteiger charge is -2.09. The molecule has 2 heterocycles. The van der Waals surface area contributed by atoms with E-state index in [-0.39, 0.29) is 17.9 Å². The van der Waals surface area contributed by atoms with E-state index in [9.17, 15) is 4.79 Å². The number of hydrogen-bond acceptors (Lipinski definition) is 6. The van der Waals surface area contributed by atoms with Crippen LogP contribution in [0.4, 0.5) is 5.13 Å². The molecule has 1 aliphatic rings. The van der Waals surface area contributed by atoms with E-state index in [4.69, 9.17) is 14.2 Å². The lowest BCUT2D eigenvalue weighted by molar-refractivity contribution is 0.102. The van der Waals surface area contributed by atoms with Crippen molar-refractivity contribution in [2.45, 2.75) is 25.9 Å². The number of carbonyl (C=O) groups is 1. The molecule has 150 valence electrons. The number of nitrogens with zero attached hydrogens (tertiary/aromatic N) is 1. The van der Waals surface area contributed by atoms with Crippen LogP contribution in [-0.2, 0) is 0 Å². The van der Waals surface area contributed by atoms with Crippen molar-refractivity contribution in [3.63, 3.8) is 0 Å². The fourth-order valence-electron chi connectivity index (χ4n) is 3.39. The number of para-hydroxylation sites is 1. The van der Waals surface area contributed by atoms with Gasteiger partial charge >= 0.3 is 0 Å². The summed E-state index contributed by atoms with van der Waals surface area (Å²) in [6, 6.07) is 11.2. The number of thiazole rings is 1. The van der Waals surface area contributed by atoms with Crippen molar-refractivity contribution in [3.05, 3.63) is 52.9 Å². The summed E-state index contributed by atoms with van der Waals surface area (Å²) in [5.41, 5.74) is 3.14. The van der Waals surface area contributed by atoms with Crippen LogP contribution >= 0.6 is 11.3 Å². The van der Waals surface area contributed by atoms with Crippen molar-refractivity contribution in [2.75, 3.05) is 19.5 Å². The van der Waals surface area contributed by atoms with Gasteiger partial charge in [0.05, 0.1) is 25.5 Å². The van der Waals surface area contributed by atoms with Crippen LogP contribution in [0.5, 0.6) is 17.2 Å². The molecule has 6 nitrogen and oxygen atoms in total. The number of rotatable bonds is 5. The van der Waals surface area contributed by atoms with E-state index in [1.165, 1.54) is 11.3 Å². The van der Waals surface area contributed by atoms with Gasteiger partial charge in [-0.2, -0.15) is 0 Å². The standard InChI is InChI=1S/C22H22N2O4S/c1-12-13(2)28-20-15(12)6-5-7-17(20)21(25)24-22-23-18(11-29-22)16-9-8-14(26-3)10-19(16)27-4/h5-13H,1-4H3,(H,23,24,25). The Morgan fingerprint density at radius 1 is 1.17 bits per heavy atom. The summed E-state index contributed by atoms with van der Waals surface area (Å²) in [4.78, 5) is 17.4. The first kappa shape index (κ1) is 19.3. The number of benzene rings is 2. The van der Waals surface area contributed by atoms with Crippen molar-refractivity contribution in [1.82, 2.24) is 4.98 Å². The number of methoxy groups -OCH3 is 2. The highest BCUT2D eigenvalue weighted by molar-refractivity contribution is 7.14. The van der Waals surface area contributed by atoms with Crippen molar-refractivity contribution in [3.8, 4) is 28.5 Å². The van der Waals surface area contributed by atoms with Crippen molar-refractivity contribution in [2.24, 2.45) is 0 Å². The maximum atomic E-state index is 12.9. The SMILES string of the molecule is COc1ccc(-c2csc(NC(=O)c3cccc4c3OC(C)C4C)n2)c(OC)c1. The van der Waals surface area contributed by atoms with Crippen LogP contribution in [0.15, 0.2) is 41.8 Å². The minimum atomic E-state index is -0.231. The Morgan fingerprint density at radius 2 is 2.00 bits per heavy atom. The second-order valence-corrected chi connectivity index (χ2v) is 7.75. The van der Waals surface area contributed by atoms with Gasteiger partial charge in [-0.15, -0.1) is 11.3 Å². The first-order valence-corrected chi connectivity index (χ1v) is 10.2. The average Bonchev–Trinajstić information content (AvgIpc) is 3.31. The number of hydrogen-bond donors (Lipinski definition) is 1. The smallest absolute Gasteiger partial charge is 0.261 e. The van der Waals surface area contributed by atoms with Gasteiger partial charge in [0, 0.05) is 28.5 Å². The van der Waals surface area contributed by atoms with Crippen LogP contribution in [-0.4, -0.2) is 31.2 Å². The summed E-state index contributed by atoms with van der Waals surface area (Å²) in [5.74, 6) is 2.05. The van der Waals surface area contributed by atoms with Gasteiger partial charge in [0.1, 0.15) is 23.4 Å².